The van der Waals surface area contributed by atoms with Crippen molar-refractivity contribution in [1.82, 2.24) is 0 Å². The molecule has 0 rings (SSSR count). The molecule has 39 heavy (non-hydrogen) atoms. The van der Waals surface area contributed by atoms with Gasteiger partial charge in [-0.05, 0) is 19.3 Å². The van der Waals surface area contributed by atoms with Crippen LogP contribution in [0, 0.1) is 0 Å². The van der Waals surface area contributed by atoms with Crippen molar-refractivity contribution in [2.45, 2.75) is 181 Å². The molecule has 0 heterocycles. The van der Waals surface area contributed by atoms with E-state index in [1.54, 1.807) is 0 Å². The monoisotopic (exact) mass is 554 g/mol. The van der Waals surface area contributed by atoms with E-state index in [0.717, 1.165) is 70.6 Å². The van der Waals surface area contributed by atoms with Crippen LogP contribution in [0.2, 0.25) is 0 Å². The van der Waals surface area contributed by atoms with Gasteiger partial charge in [0.05, 0.1) is 0 Å². The molecule has 0 amide bonds. The van der Waals surface area contributed by atoms with Crippen molar-refractivity contribution < 1.29 is 28.6 Å². The first-order chi connectivity index (χ1) is 19.0. The average Bonchev–Trinajstić information content (AvgIpc) is 2.93. The van der Waals surface area contributed by atoms with Crippen LogP contribution in [-0.2, 0) is 28.6 Å². The van der Waals surface area contributed by atoms with Gasteiger partial charge >= 0.3 is 17.9 Å². The number of carbonyl (C=O) groups excluding carboxylic acids is 3. The molecule has 0 N–H and O–H groups in total. The summed E-state index contributed by atoms with van der Waals surface area (Å²) in [6.07, 6.45) is 24.3. The molecule has 0 unspecified atom stereocenters. The Morgan fingerprint density at radius 1 is 0.410 bits per heavy atom. The van der Waals surface area contributed by atoms with E-state index >= 15 is 0 Å². The summed E-state index contributed by atoms with van der Waals surface area (Å²) in [6.45, 7) is 6.42. The second-order valence-corrected chi connectivity index (χ2v) is 11.1. The lowest BCUT2D eigenvalue weighted by atomic mass is 10.1. The third-order valence-corrected chi connectivity index (χ3v) is 7.11. The van der Waals surface area contributed by atoms with E-state index in [1.807, 2.05) is 0 Å². The van der Waals surface area contributed by atoms with Crippen LogP contribution in [0.1, 0.15) is 175 Å². The molecule has 0 aromatic rings. The SMILES string of the molecule is CCCCCCCCCCCCCC(=O)OC[C@@H](COC(=O)CCCCCCC)OC(=O)CCCCCCC. The van der Waals surface area contributed by atoms with Gasteiger partial charge in [0.2, 0.25) is 0 Å². The molecule has 0 spiro atoms. The predicted molar refractivity (Wildman–Crippen MR) is 160 cm³/mol. The van der Waals surface area contributed by atoms with Crippen LogP contribution in [0.15, 0.2) is 0 Å². The Bertz CT molecular complexity index is 577. The average molecular weight is 555 g/mol. The van der Waals surface area contributed by atoms with Crippen LogP contribution in [0.3, 0.4) is 0 Å². The Balaban J connectivity index is 4.23. The minimum atomic E-state index is -0.751. The van der Waals surface area contributed by atoms with Gasteiger partial charge in [-0.2, -0.15) is 0 Å². The fourth-order valence-corrected chi connectivity index (χ4v) is 4.56. The molecule has 0 aliphatic heterocycles. The fraction of sp³-hybridized carbons (Fsp3) is 0.909. The topological polar surface area (TPSA) is 78.9 Å². The summed E-state index contributed by atoms with van der Waals surface area (Å²) >= 11 is 0. The molecule has 230 valence electrons. The van der Waals surface area contributed by atoms with Crippen LogP contribution >= 0.6 is 0 Å². The second-order valence-electron chi connectivity index (χ2n) is 11.1. The van der Waals surface area contributed by atoms with Crippen LogP contribution in [0.4, 0.5) is 0 Å². The number of rotatable bonds is 29. The van der Waals surface area contributed by atoms with Crippen LogP contribution < -0.4 is 0 Å². The van der Waals surface area contributed by atoms with Gasteiger partial charge in [0.1, 0.15) is 13.2 Å². The van der Waals surface area contributed by atoms with Crippen molar-refractivity contribution in [2.24, 2.45) is 0 Å². The molecular weight excluding hydrogens is 492 g/mol. The van der Waals surface area contributed by atoms with Crippen molar-refractivity contribution in [3.8, 4) is 0 Å². The van der Waals surface area contributed by atoms with Gasteiger partial charge in [-0.25, -0.2) is 0 Å². The highest BCUT2D eigenvalue weighted by Crippen LogP contribution is 2.13. The summed E-state index contributed by atoms with van der Waals surface area (Å²) in [5, 5.41) is 0. The summed E-state index contributed by atoms with van der Waals surface area (Å²) in [5.74, 6) is -0.901. The molecule has 6 heteroatoms. The maximum absolute atomic E-state index is 12.3. The largest absolute Gasteiger partial charge is 0.462 e. The lowest BCUT2D eigenvalue weighted by Crippen LogP contribution is -2.30. The molecule has 0 aliphatic carbocycles. The smallest absolute Gasteiger partial charge is 0.306 e. The van der Waals surface area contributed by atoms with E-state index in [1.165, 1.54) is 64.2 Å². The van der Waals surface area contributed by atoms with Crippen molar-refractivity contribution in [1.29, 1.82) is 0 Å². The van der Waals surface area contributed by atoms with E-state index in [2.05, 4.69) is 20.8 Å². The van der Waals surface area contributed by atoms with E-state index < -0.39 is 6.10 Å². The summed E-state index contributed by atoms with van der Waals surface area (Å²) in [7, 11) is 0. The zero-order valence-electron chi connectivity index (χ0n) is 25.9. The summed E-state index contributed by atoms with van der Waals surface area (Å²) in [5.41, 5.74) is 0. The molecule has 0 saturated heterocycles. The third-order valence-electron chi connectivity index (χ3n) is 7.11. The van der Waals surface area contributed by atoms with Gasteiger partial charge < -0.3 is 14.2 Å². The van der Waals surface area contributed by atoms with E-state index in [-0.39, 0.29) is 31.1 Å². The minimum absolute atomic E-state index is 0.0672. The molecule has 0 aromatic heterocycles. The van der Waals surface area contributed by atoms with Crippen LogP contribution in [0.25, 0.3) is 0 Å². The number of hydrogen-bond acceptors (Lipinski definition) is 6. The van der Waals surface area contributed by atoms with Crippen LogP contribution in [-0.4, -0.2) is 37.2 Å². The summed E-state index contributed by atoms with van der Waals surface area (Å²) in [4.78, 5) is 36.7. The highest BCUT2D eigenvalue weighted by molar-refractivity contribution is 5.71. The Kier molecular flexibility index (Phi) is 28.2. The minimum Gasteiger partial charge on any atom is -0.462 e. The van der Waals surface area contributed by atoms with Gasteiger partial charge in [-0.15, -0.1) is 0 Å². The Morgan fingerprint density at radius 3 is 1.03 bits per heavy atom. The van der Waals surface area contributed by atoms with Gasteiger partial charge in [-0.3, -0.25) is 14.4 Å². The van der Waals surface area contributed by atoms with Gasteiger partial charge in [0.25, 0.3) is 0 Å². The fourth-order valence-electron chi connectivity index (χ4n) is 4.56. The molecule has 0 fully saturated rings. The van der Waals surface area contributed by atoms with Gasteiger partial charge in [-0.1, -0.05) is 136 Å². The lowest BCUT2D eigenvalue weighted by molar-refractivity contribution is -0.167. The maximum atomic E-state index is 12.3. The number of carbonyl (C=O) groups is 3. The van der Waals surface area contributed by atoms with Gasteiger partial charge in [0, 0.05) is 19.3 Å². The number of ether oxygens (including phenoxy) is 3. The molecule has 0 aromatic carbocycles. The van der Waals surface area contributed by atoms with Crippen molar-refractivity contribution in [3.63, 3.8) is 0 Å². The standard InChI is InChI=1S/C33H62O6/c1-4-7-10-13-14-15-16-17-18-21-23-26-32(35)38-29-30(39-33(36)27-24-20-12-9-6-3)28-37-31(34)25-22-19-11-8-5-2/h30H,4-29H2,1-3H3/t30-/m1/s1. The third kappa shape index (κ3) is 27.8. The first kappa shape index (κ1) is 37.4. The summed E-state index contributed by atoms with van der Waals surface area (Å²) in [6, 6.07) is 0. The van der Waals surface area contributed by atoms with Crippen LogP contribution in [0.5, 0.6) is 0 Å². The predicted octanol–water partition coefficient (Wildman–Crippen LogP) is 9.41. The summed E-state index contributed by atoms with van der Waals surface area (Å²) < 4.78 is 16.3. The molecular formula is C33H62O6. The maximum Gasteiger partial charge on any atom is 0.306 e. The van der Waals surface area contributed by atoms with Crippen molar-refractivity contribution in [3.05, 3.63) is 0 Å². The van der Waals surface area contributed by atoms with E-state index in [4.69, 9.17) is 14.2 Å². The molecule has 0 radical (unpaired) electrons. The molecule has 1 atom stereocenters. The lowest BCUT2D eigenvalue weighted by Gasteiger charge is -2.18. The zero-order chi connectivity index (χ0) is 28.8. The number of unbranched alkanes of at least 4 members (excludes halogenated alkanes) is 18. The quantitative estimate of drug-likeness (QED) is 0.0520. The molecule has 0 saturated carbocycles. The van der Waals surface area contributed by atoms with E-state index in [0.29, 0.717) is 19.3 Å². The first-order valence-electron chi connectivity index (χ1n) is 16.5. The Morgan fingerprint density at radius 2 is 0.692 bits per heavy atom. The molecule has 0 aliphatic rings. The molecule has 0 bridgehead atoms. The number of hydrogen-bond donors (Lipinski definition) is 0. The van der Waals surface area contributed by atoms with E-state index in [9.17, 15) is 14.4 Å². The highest BCUT2D eigenvalue weighted by Gasteiger charge is 2.19. The van der Waals surface area contributed by atoms with Gasteiger partial charge in [0.15, 0.2) is 6.10 Å². The van der Waals surface area contributed by atoms with Crippen molar-refractivity contribution >= 4 is 17.9 Å². The Hall–Kier alpha value is -1.59. The van der Waals surface area contributed by atoms with Crippen molar-refractivity contribution in [2.75, 3.05) is 13.2 Å². The number of esters is 3. The zero-order valence-corrected chi connectivity index (χ0v) is 25.9. The first-order valence-corrected chi connectivity index (χ1v) is 16.5. The highest BCUT2D eigenvalue weighted by atomic mass is 16.6. The molecule has 6 nitrogen and oxygen atoms in total. The normalized spacial score (nSPS) is 11.8. The Labute approximate surface area is 240 Å². The second kappa shape index (κ2) is 29.4.